The number of ether oxygens (including phenoxy) is 1. The average Bonchev–Trinajstić information content (AvgIpc) is 2.43. The van der Waals surface area contributed by atoms with Gasteiger partial charge < -0.3 is 15.8 Å². The lowest BCUT2D eigenvalue weighted by Crippen LogP contribution is -2.14. The van der Waals surface area contributed by atoms with Crippen molar-refractivity contribution in [1.29, 1.82) is 0 Å². The minimum atomic E-state index is -0.717. The average molecular weight is 281 g/mol. The van der Waals surface area contributed by atoms with E-state index >= 15 is 0 Å². The monoisotopic (exact) mass is 281 g/mol. The molecule has 0 aliphatic carbocycles. The Morgan fingerprint density at radius 3 is 2.65 bits per heavy atom. The maximum atomic E-state index is 11.6. The van der Waals surface area contributed by atoms with Gasteiger partial charge in [-0.15, -0.1) is 0 Å². The second-order valence-corrected chi connectivity index (χ2v) is 3.96. The Hall–Kier alpha value is -2.48. The maximum absolute atomic E-state index is 11.6. The maximum Gasteiger partial charge on any atom is 0.338 e. The van der Waals surface area contributed by atoms with Gasteiger partial charge in [0.15, 0.2) is 0 Å². The Balaban J connectivity index is 3.00. The molecule has 1 rings (SSSR count). The van der Waals surface area contributed by atoms with Crippen LogP contribution in [-0.2, 0) is 9.53 Å². The van der Waals surface area contributed by atoms with Gasteiger partial charge in [-0.2, -0.15) is 0 Å². The van der Waals surface area contributed by atoms with E-state index in [0.29, 0.717) is 13.0 Å². The molecule has 108 valence electrons. The van der Waals surface area contributed by atoms with E-state index in [2.05, 4.69) is 10.1 Å². The third-order valence-electron chi connectivity index (χ3n) is 2.44. The number of nitro groups is 1. The number of carbonyl (C=O) groups excluding carboxylic acids is 2. The van der Waals surface area contributed by atoms with Crippen LogP contribution >= 0.6 is 0 Å². The minimum Gasteiger partial charge on any atom is -0.465 e. The summed E-state index contributed by atoms with van der Waals surface area (Å²) in [5.41, 5.74) is 5.15. The van der Waals surface area contributed by atoms with Crippen LogP contribution in [0.3, 0.4) is 0 Å². The molecule has 0 aliphatic heterocycles. The first kappa shape index (κ1) is 15.6. The number of carbonyl (C=O) groups is 2. The van der Waals surface area contributed by atoms with Gasteiger partial charge in [0, 0.05) is 24.2 Å². The molecule has 20 heavy (non-hydrogen) atoms. The van der Waals surface area contributed by atoms with Gasteiger partial charge in [-0.25, -0.2) is 4.79 Å². The van der Waals surface area contributed by atoms with E-state index in [4.69, 9.17) is 5.73 Å². The molecule has 0 fully saturated rings. The number of benzene rings is 1. The summed E-state index contributed by atoms with van der Waals surface area (Å²) in [6.07, 6.45) is 0.706. The van der Waals surface area contributed by atoms with Crippen molar-refractivity contribution in [2.45, 2.75) is 12.8 Å². The number of rotatable bonds is 6. The number of anilines is 1. The lowest BCUT2D eigenvalue weighted by Gasteiger charge is -2.07. The van der Waals surface area contributed by atoms with Crippen molar-refractivity contribution in [2.24, 2.45) is 5.73 Å². The molecule has 0 bridgehead atoms. The van der Waals surface area contributed by atoms with Gasteiger partial charge in [0.2, 0.25) is 5.91 Å². The summed E-state index contributed by atoms with van der Waals surface area (Å²) in [6, 6.07) is 3.58. The van der Waals surface area contributed by atoms with Crippen LogP contribution in [0, 0.1) is 10.1 Å². The van der Waals surface area contributed by atoms with Crippen LogP contribution in [0.2, 0.25) is 0 Å². The quantitative estimate of drug-likeness (QED) is 0.456. The molecule has 8 heteroatoms. The summed E-state index contributed by atoms with van der Waals surface area (Å²) in [5.74, 6) is -1.04. The Morgan fingerprint density at radius 1 is 1.40 bits per heavy atom. The van der Waals surface area contributed by atoms with Gasteiger partial charge in [-0.1, -0.05) is 0 Å². The number of non-ortho nitro benzene ring substituents is 1. The molecular weight excluding hydrogens is 266 g/mol. The highest BCUT2D eigenvalue weighted by Gasteiger charge is 2.15. The highest BCUT2D eigenvalue weighted by Crippen LogP contribution is 2.21. The Bertz CT molecular complexity index is 530. The second-order valence-electron chi connectivity index (χ2n) is 3.96. The second kappa shape index (κ2) is 7.19. The van der Waals surface area contributed by atoms with Crippen LogP contribution in [0.4, 0.5) is 11.4 Å². The molecule has 8 nitrogen and oxygen atoms in total. The number of nitrogens with one attached hydrogen (secondary N) is 1. The Labute approximate surface area is 115 Å². The van der Waals surface area contributed by atoms with Crippen LogP contribution in [0.1, 0.15) is 23.2 Å². The first-order valence-corrected chi connectivity index (χ1v) is 5.85. The normalized spacial score (nSPS) is 9.90. The molecule has 1 aromatic carbocycles. The molecule has 0 heterocycles. The highest BCUT2D eigenvalue weighted by molar-refractivity contribution is 5.95. The number of esters is 1. The van der Waals surface area contributed by atoms with Gasteiger partial charge in [0.25, 0.3) is 5.69 Å². The summed E-state index contributed by atoms with van der Waals surface area (Å²) >= 11 is 0. The zero-order chi connectivity index (χ0) is 15.1. The fourth-order valence-corrected chi connectivity index (χ4v) is 1.51. The molecule has 0 saturated heterocycles. The zero-order valence-corrected chi connectivity index (χ0v) is 10.9. The topological polar surface area (TPSA) is 125 Å². The molecule has 0 atom stereocenters. The fraction of sp³-hybridized carbons (Fsp3) is 0.333. The third kappa shape index (κ3) is 4.32. The number of nitrogens with two attached hydrogens (primary N) is 1. The first-order valence-electron chi connectivity index (χ1n) is 5.85. The number of nitro benzene ring substituents is 1. The molecule has 0 spiro atoms. The highest BCUT2D eigenvalue weighted by atomic mass is 16.6. The van der Waals surface area contributed by atoms with E-state index in [1.807, 2.05) is 0 Å². The summed E-state index contributed by atoms with van der Waals surface area (Å²) in [7, 11) is 1.17. The van der Waals surface area contributed by atoms with Crippen molar-refractivity contribution in [1.82, 2.24) is 0 Å². The van der Waals surface area contributed by atoms with Crippen LogP contribution in [0.15, 0.2) is 18.2 Å². The largest absolute Gasteiger partial charge is 0.465 e. The molecule has 0 aromatic heterocycles. The van der Waals surface area contributed by atoms with Gasteiger partial charge in [0.05, 0.1) is 17.6 Å². The fourth-order valence-electron chi connectivity index (χ4n) is 1.51. The molecule has 1 aromatic rings. The van der Waals surface area contributed by atoms with Gasteiger partial charge in [0.1, 0.15) is 0 Å². The number of nitrogens with zero attached hydrogens (tertiary/aromatic N) is 1. The van der Waals surface area contributed by atoms with E-state index in [0.717, 1.165) is 6.07 Å². The number of hydrogen-bond acceptors (Lipinski definition) is 6. The Kier molecular flexibility index (Phi) is 5.60. The minimum absolute atomic E-state index is 0.00387. The summed E-state index contributed by atoms with van der Waals surface area (Å²) in [4.78, 5) is 33.1. The summed E-state index contributed by atoms with van der Waals surface area (Å²) in [5, 5.41) is 13.3. The van der Waals surface area contributed by atoms with Crippen molar-refractivity contribution in [3.63, 3.8) is 0 Å². The molecule has 1 amide bonds. The van der Waals surface area contributed by atoms with E-state index in [9.17, 15) is 19.7 Å². The Morgan fingerprint density at radius 2 is 2.10 bits per heavy atom. The lowest BCUT2D eigenvalue weighted by atomic mass is 10.1. The predicted octanol–water partition coefficient (Wildman–Crippen LogP) is 1.06. The lowest BCUT2D eigenvalue weighted by molar-refractivity contribution is -0.384. The SMILES string of the molecule is COC(=O)c1cc(NC(=O)CCCN)cc([N+](=O)[O-])c1. The number of hydrogen-bond donors (Lipinski definition) is 2. The molecular formula is C12H15N3O5. The molecule has 0 aliphatic rings. The standard InChI is InChI=1S/C12H15N3O5/c1-20-12(17)8-5-9(7-10(6-8)15(18)19)14-11(16)3-2-4-13/h5-7H,2-4,13H2,1H3,(H,14,16). The van der Waals surface area contributed by atoms with E-state index < -0.39 is 10.9 Å². The van der Waals surface area contributed by atoms with Crippen LogP contribution in [0.25, 0.3) is 0 Å². The predicted molar refractivity (Wildman–Crippen MR) is 71.4 cm³/mol. The van der Waals surface area contributed by atoms with Crippen LogP contribution in [0.5, 0.6) is 0 Å². The van der Waals surface area contributed by atoms with Gasteiger partial charge in [-0.05, 0) is 19.0 Å². The van der Waals surface area contributed by atoms with Crippen molar-refractivity contribution in [3.05, 3.63) is 33.9 Å². The first-order chi connectivity index (χ1) is 9.47. The van der Waals surface area contributed by atoms with Crippen molar-refractivity contribution < 1.29 is 19.2 Å². The molecule has 0 saturated carbocycles. The van der Waals surface area contributed by atoms with Crippen molar-refractivity contribution in [3.8, 4) is 0 Å². The summed E-state index contributed by atoms with van der Waals surface area (Å²) in [6.45, 7) is 0.371. The zero-order valence-electron chi connectivity index (χ0n) is 10.9. The number of methoxy groups -OCH3 is 1. The third-order valence-corrected chi connectivity index (χ3v) is 2.44. The van der Waals surface area contributed by atoms with Crippen LogP contribution < -0.4 is 11.1 Å². The van der Waals surface area contributed by atoms with E-state index in [1.165, 1.54) is 19.2 Å². The van der Waals surface area contributed by atoms with E-state index in [-0.39, 0.29) is 29.3 Å². The van der Waals surface area contributed by atoms with Gasteiger partial charge in [-0.3, -0.25) is 14.9 Å². The van der Waals surface area contributed by atoms with Crippen LogP contribution in [-0.4, -0.2) is 30.5 Å². The van der Waals surface area contributed by atoms with Crippen molar-refractivity contribution in [2.75, 3.05) is 19.0 Å². The van der Waals surface area contributed by atoms with E-state index in [1.54, 1.807) is 0 Å². The smallest absolute Gasteiger partial charge is 0.338 e. The molecule has 3 N–H and O–H groups in total. The molecule has 0 unspecified atom stereocenters. The van der Waals surface area contributed by atoms with Gasteiger partial charge >= 0.3 is 5.97 Å². The molecule has 0 radical (unpaired) electrons. The summed E-state index contributed by atoms with van der Waals surface area (Å²) < 4.78 is 4.51. The number of amides is 1. The van der Waals surface area contributed by atoms with Crippen molar-refractivity contribution >= 4 is 23.3 Å².